The zero-order valence-corrected chi connectivity index (χ0v) is 18.4. The summed E-state index contributed by atoms with van der Waals surface area (Å²) in [6, 6.07) is 13.8. The Labute approximate surface area is 185 Å². The number of amides is 1. The fourth-order valence-electron chi connectivity index (χ4n) is 3.51. The maximum atomic E-state index is 13.6. The molecule has 0 unspecified atom stereocenters. The van der Waals surface area contributed by atoms with E-state index in [0.29, 0.717) is 17.2 Å². The van der Waals surface area contributed by atoms with Crippen LogP contribution in [-0.4, -0.2) is 32.0 Å². The van der Waals surface area contributed by atoms with Gasteiger partial charge in [0.1, 0.15) is 0 Å². The third-order valence-electron chi connectivity index (χ3n) is 4.99. The van der Waals surface area contributed by atoms with Crippen LogP contribution in [0.15, 0.2) is 71.9 Å². The van der Waals surface area contributed by atoms with Crippen molar-refractivity contribution in [2.75, 3.05) is 11.4 Å². The second-order valence-corrected chi connectivity index (χ2v) is 8.89. The second-order valence-electron chi connectivity index (χ2n) is 6.97. The number of hydrogen-bond donors (Lipinski definition) is 1. The van der Waals surface area contributed by atoms with Gasteiger partial charge in [-0.05, 0) is 30.7 Å². The second kappa shape index (κ2) is 8.04. The third kappa shape index (κ3) is 3.64. The van der Waals surface area contributed by atoms with Gasteiger partial charge in [-0.2, -0.15) is 0 Å². The lowest BCUT2D eigenvalue weighted by molar-refractivity contribution is 0.0988. The van der Waals surface area contributed by atoms with Crippen LogP contribution in [0, 0.1) is 0 Å². The number of carbonyl (C=O) groups is 1. The molecule has 0 spiro atoms. The van der Waals surface area contributed by atoms with Gasteiger partial charge in [0.2, 0.25) is 0 Å². The van der Waals surface area contributed by atoms with Gasteiger partial charge in [-0.15, -0.1) is 0 Å². The Bertz CT molecular complexity index is 1320. The quantitative estimate of drug-likeness (QED) is 0.350. The van der Waals surface area contributed by atoms with Crippen molar-refractivity contribution in [2.45, 2.75) is 13.0 Å². The van der Waals surface area contributed by atoms with E-state index in [2.05, 4.69) is 25.9 Å². The fraction of sp³-hybridized carbons (Fsp3) is 0.136. The standard InChI is InChI=1S/C22H18BrN5OS/c23-15-6-7-19-20(12-15)30-22(26-19)28(10-3-9-27-11-8-24-14-27)21(29)17-13-25-18-5-2-1-4-16(17)18/h1-2,4-8,11-14,25H,3,9-10H2. The Balaban J connectivity index is 1.50. The van der Waals surface area contributed by atoms with Crippen LogP contribution in [-0.2, 0) is 6.54 Å². The number of benzene rings is 2. The fourth-order valence-corrected chi connectivity index (χ4v) is 5.05. The smallest absolute Gasteiger partial charge is 0.262 e. The maximum absolute atomic E-state index is 13.6. The number of rotatable bonds is 6. The van der Waals surface area contributed by atoms with Crippen molar-refractivity contribution in [1.29, 1.82) is 0 Å². The van der Waals surface area contributed by atoms with Crippen LogP contribution < -0.4 is 4.90 Å². The summed E-state index contributed by atoms with van der Waals surface area (Å²) in [5.41, 5.74) is 2.51. The predicted molar refractivity (Wildman–Crippen MR) is 124 cm³/mol. The van der Waals surface area contributed by atoms with Gasteiger partial charge in [0, 0.05) is 47.1 Å². The number of hydrogen-bond acceptors (Lipinski definition) is 4. The van der Waals surface area contributed by atoms with Crippen LogP contribution in [0.3, 0.4) is 0 Å². The van der Waals surface area contributed by atoms with Crippen molar-refractivity contribution in [3.05, 3.63) is 77.4 Å². The first-order valence-corrected chi connectivity index (χ1v) is 11.2. The Morgan fingerprint density at radius 3 is 3.00 bits per heavy atom. The van der Waals surface area contributed by atoms with E-state index in [1.165, 1.54) is 11.3 Å². The van der Waals surface area contributed by atoms with Crippen molar-refractivity contribution < 1.29 is 4.79 Å². The highest BCUT2D eigenvalue weighted by Gasteiger charge is 2.23. The number of H-pyrrole nitrogens is 1. The van der Waals surface area contributed by atoms with E-state index in [-0.39, 0.29) is 5.91 Å². The number of para-hydroxylation sites is 1. The first-order chi connectivity index (χ1) is 14.7. The molecule has 2 aromatic carbocycles. The van der Waals surface area contributed by atoms with Gasteiger partial charge in [0.15, 0.2) is 5.13 Å². The maximum Gasteiger partial charge on any atom is 0.262 e. The van der Waals surface area contributed by atoms with Crippen LogP contribution in [0.5, 0.6) is 0 Å². The number of thiazole rings is 1. The molecule has 0 bridgehead atoms. The number of imidazole rings is 1. The molecule has 150 valence electrons. The largest absolute Gasteiger partial charge is 0.360 e. The summed E-state index contributed by atoms with van der Waals surface area (Å²) in [6.45, 7) is 1.35. The highest BCUT2D eigenvalue weighted by molar-refractivity contribution is 9.10. The predicted octanol–water partition coefficient (Wildman–Crippen LogP) is 5.47. The number of halogens is 1. The van der Waals surface area contributed by atoms with E-state index < -0.39 is 0 Å². The van der Waals surface area contributed by atoms with E-state index in [1.807, 2.05) is 53.2 Å². The lowest BCUT2D eigenvalue weighted by atomic mass is 10.1. The van der Waals surface area contributed by atoms with E-state index in [0.717, 1.165) is 38.6 Å². The molecular weight excluding hydrogens is 462 g/mol. The topological polar surface area (TPSA) is 66.8 Å². The minimum Gasteiger partial charge on any atom is -0.360 e. The lowest BCUT2D eigenvalue weighted by Crippen LogP contribution is -2.32. The average molecular weight is 480 g/mol. The number of aromatic nitrogens is 4. The van der Waals surface area contributed by atoms with Crippen molar-refractivity contribution in [2.24, 2.45) is 0 Å². The molecule has 30 heavy (non-hydrogen) atoms. The summed E-state index contributed by atoms with van der Waals surface area (Å²) in [6.07, 6.45) is 8.08. The van der Waals surface area contributed by atoms with Gasteiger partial charge < -0.3 is 9.55 Å². The van der Waals surface area contributed by atoms with Crippen molar-refractivity contribution in [1.82, 2.24) is 19.5 Å². The molecule has 8 heteroatoms. The monoisotopic (exact) mass is 479 g/mol. The highest BCUT2D eigenvalue weighted by atomic mass is 79.9. The molecule has 0 aliphatic rings. The molecule has 0 aliphatic carbocycles. The molecule has 3 aromatic heterocycles. The van der Waals surface area contributed by atoms with Gasteiger partial charge >= 0.3 is 0 Å². The third-order valence-corrected chi connectivity index (χ3v) is 6.53. The first-order valence-electron chi connectivity index (χ1n) is 9.59. The summed E-state index contributed by atoms with van der Waals surface area (Å²) in [5.74, 6) is -0.0452. The van der Waals surface area contributed by atoms with Gasteiger partial charge in [-0.1, -0.05) is 45.5 Å². The molecule has 1 amide bonds. The molecule has 5 aromatic rings. The SMILES string of the molecule is O=C(c1c[nH]c2ccccc12)N(CCCn1ccnc1)c1nc2ccc(Br)cc2s1. The molecule has 0 aliphatic heterocycles. The average Bonchev–Trinajstić information content (AvgIpc) is 3.49. The van der Waals surface area contributed by atoms with E-state index in [1.54, 1.807) is 23.6 Å². The van der Waals surface area contributed by atoms with Crippen LogP contribution in [0.25, 0.3) is 21.1 Å². The summed E-state index contributed by atoms with van der Waals surface area (Å²) in [5, 5.41) is 1.63. The normalized spacial score (nSPS) is 11.4. The van der Waals surface area contributed by atoms with E-state index in [9.17, 15) is 4.79 Å². The number of nitrogens with zero attached hydrogens (tertiary/aromatic N) is 4. The summed E-state index contributed by atoms with van der Waals surface area (Å²) >= 11 is 5.05. The molecule has 0 saturated heterocycles. The van der Waals surface area contributed by atoms with Gasteiger partial charge in [-0.25, -0.2) is 9.97 Å². The molecule has 0 saturated carbocycles. The number of nitrogens with one attached hydrogen (secondary N) is 1. The van der Waals surface area contributed by atoms with Crippen LogP contribution >= 0.6 is 27.3 Å². The first kappa shape index (κ1) is 19.0. The number of aromatic amines is 1. The summed E-state index contributed by atoms with van der Waals surface area (Å²) in [4.78, 5) is 27.4. The molecule has 0 radical (unpaired) electrons. The van der Waals surface area contributed by atoms with E-state index in [4.69, 9.17) is 4.98 Å². The molecule has 1 N–H and O–H groups in total. The molecule has 0 atom stereocenters. The van der Waals surface area contributed by atoms with Crippen molar-refractivity contribution in [3.8, 4) is 0 Å². The van der Waals surface area contributed by atoms with Crippen LogP contribution in [0.2, 0.25) is 0 Å². The number of aryl methyl sites for hydroxylation is 1. The summed E-state index contributed by atoms with van der Waals surface area (Å²) < 4.78 is 4.06. The minimum atomic E-state index is -0.0452. The Morgan fingerprint density at radius 1 is 1.23 bits per heavy atom. The van der Waals surface area contributed by atoms with Gasteiger partial charge in [-0.3, -0.25) is 9.69 Å². The Kier molecular flexibility index (Phi) is 5.10. The van der Waals surface area contributed by atoms with Crippen LogP contribution in [0.1, 0.15) is 16.8 Å². The zero-order chi connectivity index (χ0) is 20.5. The molecule has 6 nitrogen and oxygen atoms in total. The lowest BCUT2D eigenvalue weighted by Gasteiger charge is -2.19. The number of carbonyl (C=O) groups excluding carboxylic acids is 1. The van der Waals surface area contributed by atoms with Gasteiger partial charge in [0.25, 0.3) is 5.91 Å². The highest BCUT2D eigenvalue weighted by Crippen LogP contribution is 2.32. The molecular formula is C22H18BrN5OS. The number of fused-ring (bicyclic) bond motifs is 2. The Hall–Kier alpha value is -2.97. The zero-order valence-electron chi connectivity index (χ0n) is 16.0. The van der Waals surface area contributed by atoms with Crippen molar-refractivity contribution >= 4 is 59.4 Å². The summed E-state index contributed by atoms with van der Waals surface area (Å²) in [7, 11) is 0. The van der Waals surface area contributed by atoms with Crippen molar-refractivity contribution in [3.63, 3.8) is 0 Å². The molecule has 5 rings (SSSR count). The van der Waals surface area contributed by atoms with E-state index >= 15 is 0 Å². The molecule has 0 fully saturated rings. The van der Waals surface area contributed by atoms with Crippen LogP contribution in [0.4, 0.5) is 5.13 Å². The minimum absolute atomic E-state index is 0.0452. The molecule has 3 heterocycles. The Morgan fingerprint density at radius 2 is 2.13 bits per heavy atom. The van der Waals surface area contributed by atoms with Gasteiger partial charge in [0.05, 0.1) is 22.1 Å². The number of anilines is 1.